The normalized spacial score (nSPS) is 10.2. The van der Waals surface area contributed by atoms with Crippen molar-refractivity contribution in [3.63, 3.8) is 0 Å². The van der Waals surface area contributed by atoms with Crippen LogP contribution in [0.1, 0.15) is 30.6 Å². The van der Waals surface area contributed by atoms with Gasteiger partial charge in [-0.05, 0) is 31.5 Å². The molecule has 0 bridgehead atoms. The van der Waals surface area contributed by atoms with E-state index >= 15 is 0 Å². The van der Waals surface area contributed by atoms with E-state index in [9.17, 15) is 19.1 Å². The Labute approximate surface area is 117 Å². The minimum atomic E-state index is -0.626. The Morgan fingerprint density at radius 3 is 2.65 bits per heavy atom. The van der Waals surface area contributed by atoms with Crippen LogP contribution in [-0.4, -0.2) is 41.6 Å². The van der Waals surface area contributed by atoms with Crippen molar-refractivity contribution in [1.29, 1.82) is 0 Å². The van der Waals surface area contributed by atoms with Crippen LogP contribution in [0.3, 0.4) is 0 Å². The smallest absolute Gasteiger partial charge is 0.325 e. The number of ether oxygens (including phenoxy) is 1. The van der Waals surface area contributed by atoms with Crippen LogP contribution in [0.5, 0.6) is 5.75 Å². The molecular formula is C14H18FNO4. The Morgan fingerprint density at radius 1 is 1.35 bits per heavy atom. The molecule has 0 atom stereocenters. The first-order valence-corrected chi connectivity index (χ1v) is 6.43. The number of esters is 1. The molecule has 0 unspecified atom stereocenters. The largest absolute Gasteiger partial charge is 0.507 e. The monoisotopic (exact) mass is 283 g/mol. The van der Waals surface area contributed by atoms with E-state index < -0.39 is 17.7 Å². The molecule has 0 aromatic heterocycles. The van der Waals surface area contributed by atoms with Gasteiger partial charge in [-0.3, -0.25) is 9.59 Å². The molecule has 1 amide bonds. The second-order valence-corrected chi connectivity index (χ2v) is 4.19. The Balaban J connectivity index is 2.93. The molecule has 1 N–H and O–H groups in total. The fraction of sp³-hybridized carbons (Fsp3) is 0.429. The number of carbonyl (C=O) groups is 2. The summed E-state index contributed by atoms with van der Waals surface area (Å²) in [7, 11) is 0. The van der Waals surface area contributed by atoms with E-state index in [2.05, 4.69) is 0 Å². The van der Waals surface area contributed by atoms with Crippen molar-refractivity contribution in [2.45, 2.75) is 20.3 Å². The highest BCUT2D eigenvalue weighted by Crippen LogP contribution is 2.20. The molecule has 0 heterocycles. The van der Waals surface area contributed by atoms with E-state index in [1.54, 1.807) is 6.92 Å². The summed E-state index contributed by atoms with van der Waals surface area (Å²) in [6.45, 7) is 3.82. The lowest BCUT2D eigenvalue weighted by Crippen LogP contribution is -2.37. The molecule has 0 saturated heterocycles. The number of phenolic OH excluding ortho intramolecular Hbond substituents is 1. The zero-order chi connectivity index (χ0) is 15.1. The molecule has 20 heavy (non-hydrogen) atoms. The first-order chi connectivity index (χ1) is 9.49. The topological polar surface area (TPSA) is 66.8 Å². The first kappa shape index (κ1) is 15.9. The van der Waals surface area contributed by atoms with Crippen LogP contribution in [0, 0.1) is 5.82 Å². The lowest BCUT2D eigenvalue weighted by molar-refractivity contribution is -0.143. The molecule has 5 nitrogen and oxygen atoms in total. The summed E-state index contributed by atoms with van der Waals surface area (Å²) in [5.74, 6) is -2.08. The van der Waals surface area contributed by atoms with Gasteiger partial charge in [-0.15, -0.1) is 0 Å². The highest BCUT2D eigenvalue weighted by atomic mass is 19.1. The van der Waals surface area contributed by atoms with E-state index in [4.69, 9.17) is 4.74 Å². The zero-order valence-electron chi connectivity index (χ0n) is 11.6. The van der Waals surface area contributed by atoms with Gasteiger partial charge in [0.2, 0.25) is 0 Å². The summed E-state index contributed by atoms with van der Waals surface area (Å²) in [6.07, 6.45) is 0.626. The maximum Gasteiger partial charge on any atom is 0.325 e. The van der Waals surface area contributed by atoms with Gasteiger partial charge in [-0.2, -0.15) is 0 Å². The number of rotatable bonds is 6. The minimum Gasteiger partial charge on any atom is -0.507 e. The van der Waals surface area contributed by atoms with Crippen molar-refractivity contribution in [2.75, 3.05) is 19.7 Å². The number of phenols is 1. The van der Waals surface area contributed by atoms with Gasteiger partial charge in [0.05, 0.1) is 12.2 Å². The highest BCUT2D eigenvalue weighted by molar-refractivity contribution is 5.98. The van der Waals surface area contributed by atoms with Crippen LogP contribution in [-0.2, 0) is 9.53 Å². The Bertz CT molecular complexity index is 490. The second kappa shape index (κ2) is 7.47. The van der Waals surface area contributed by atoms with E-state index in [0.717, 1.165) is 18.2 Å². The van der Waals surface area contributed by atoms with Gasteiger partial charge >= 0.3 is 5.97 Å². The number of hydrogen-bond donors (Lipinski definition) is 1. The summed E-state index contributed by atoms with van der Waals surface area (Å²) in [4.78, 5) is 24.9. The van der Waals surface area contributed by atoms with Crippen molar-refractivity contribution in [1.82, 2.24) is 4.90 Å². The van der Waals surface area contributed by atoms with Crippen molar-refractivity contribution < 1.29 is 23.8 Å². The molecule has 0 aliphatic carbocycles. The molecule has 0 aliphatic heterocycles. The lowest BCUT2D eigenvalue weighted by atomic mass is 10.1. The fourth-order valence-corrected chi connectivity index (χ4v) is 1.73. The van der Waals surface area contributed by atoms with Gasteiger partial charge in [0.1, 0.15) is 18.1 Å². The van der Waals surface area contributed by atoms with Gasteiger partial charge in [-0.1, -0.05) is 6.92 Å². The van der Waals surface area contributed by atoms with Crippen molar-refractivity contribution in [3.8, 4) is 5.75 Å². The number of nitrogens with zero attached hydrogens (tertiary/aromatic N) is 1. The first-order valence-electron chi connectivity index (χ1n) is 6.43. The Hall–Kier alpha value is -2.11. The standard InChI is InChI=1S/C14H18FNO4/c1-3-7-16(9-13(18)20-4-2)14(19)11-8-10(15)5-6-12(11)17/h5-6,8,17H,3-4,7,9H2,1-2H3. The van der Waals surface area contributed by atoms with E-state index in [1.807, 2.05) is 6.92 Å². The molecule has 0 spiro atoms. The molecule has 1 rings (SSSR count). The summed E-state index contributed by atoms with van der Waals surface area (Å²) in [5.41, 5.74) is -0.164. The average molecular weight is 283 g/mol. The van der Waals surface area contributed by atoms with Crippen LogP contribution in [0.4, 0.5) is 4.39 Å². The molecule has 0 saturated carbocycles. The maximum absolute atomic E-state index is 13.2. The molecule has 6 heteroatoms. The Morgan fingerprint density at radius 2 is 2.05 bits per heavy atom. The van der Waals surface area contributed by atoms with Gasteiger partial charge in [0.15, 0.2) is 0 Å². The van der Waals surface area contributed by atoms with Crippen molar-refractivity contribution in [3.05, 3.63) is 29.6 Å². The predicted octanol–water partition coefficient (Wildman–Crippen LogP) is 1.95. The molecule has 0 fully saturated rings. The molecule has 1 aromatic rings. The minimum absolute atomic E-state index is 0.164. The maximum atomic E-state index is 13.2. The fourth-order valence-electron chi connectivity index (χ4n) is 1.73. The van der Waals surface area contributed by atoms with Crippen LogP contribution >= 0.6 is 0 Å². The van der Waals surface area contributed by atoms with E-state index in [1.165, 1.54) is 4.90 Å². The number of halogens is 1. The number of amides is 1. The van der Waals surface area contributed by atoms with Gasteiger partial charge in [0.25, 0.3) is 5.91 Å². The third kappa shape index (κ3) is 4.22. The molecule has 110 valence electrons. The zero-order valence-corrected chi connectivity index (χ0v) is 11.6. The number of benzene rings is 1. The van der Waals surface area contributed by atoms with E-state index in [-0.39, 0.29) is 24.5 Å². The quantitative estimate of drug-likeness (QED) is 0.810. The summed E-state index contributed by atoms with van der Waals surface area (Å²) in [6, 6.07) is 3.12. The van der Waals surface area contributed by atoms with Crippen LogP contribution in [0.2, 0.25) is 0 Å². The summed E-state index contributed by atoms with van der Waals surface area (Å²) < 4.78 is 18.0. The molecule has 0 radical (unpaired) electrons. The van der Waals surface area contributed by atoms with Gasteiger partial charge in [-0.25, -0.2) is 4.39 Å². The number of aromatic hydroxyl groups is 1. The Kier molecular flexibility index (Phi) is 5.96. The van der Waals surface area contributed by atoms with E-state index in [0.29, 0.717) is 13.0 Å². The van der Waals surface area contributed by atoms with Crippen molar-refractivity contribution >= 4 is 11.9 Å². The van der Waals surface area contributed by atoms with Gasteiger partial charge < -0.3 is 14.7 Å². The average Bonchev–Trinajstić information content (AvgIpc) is 2.40. The summed E-state index contributed by atoms with van der Waals surface area (Å²) >= 11 is 0. The van der Waals surface area contributed by atoms with Crippen LogP contribution in [0.15, 0.2) is 18.2 Å². The predicted molar refractivity (Wildman–Crippen MR) is 70.9 cm³/mol. The lowest BCUT2D eigenvalue weighted by Gasteiger charge is -2.21. The third-order valence-electron chi connectivity index (χ3n) is 2.60. The molecule has 0 aliphatic rings. The number of hydrogen-bond acceptors (Lipinski definition) is 4. The number of carbonyl (C=O) groups excluding carboxylic acids is 2. The molecular weight excluding hydrogens is 265 g/mol. The molecule has 1 aromatic carbocycles. The SMILES string of the molecule is CCCN(CC(=O)OCC)C(=O)c1cc(F)ccc1O. The second-order valence-electron chi connectivity index (χ2n) is 4.19. The third-order valence-corrected chi connectivity index (χ3v) is 2.60. The highest BCUT2D eigenvalue weighted by Gasteiger charge is 2.21. The van der Waals surface area contributed by atoms with Crippen molar-refractivity contribution in [2.24, 2.45) is 0 Å². The van der Waals surface area contributed by atoms with Crippen LogP contribution < -0.4 is 0 Å². The van der Waals surface area contributed by atoms with Gasteiger partial charge in [0, 0.05) is 6.54 Å². The van der Waals surface area contributed by atoms with Crippen LogP contribution in [0.25, 0.3) is 0 Å². The summed E-state index contributed by atoms with van der Waals surface area (Å²) in [5, 5.41) is 9.63.